The summed E-state index contributed by atoms with van der Waals surface area (Å²) in [5.74, 6) is 1.20. The van der Waals surface area contributed by atoms with Crippen LogP contribution in [0, 0.1) is 13.8 Å². The molecular formula is C13H15BrN4. The molecule has 0 saturated heterocycles. The molecule has 2 rings (SSSR count). The van der Waals surface area contributed by atoms with Gasteiger partial charge in [-0.25, -0.2) is 9.97 Å². The van der Waals surface area contributed by atoms with E-state index in [-0.39, 0.29) is 0 Å². The summed E-state index contributed by atoms with van der Waals surface area (Å²) in [5.41, 5.74) is 9.31. The molecule has 1 heterocycles. The Labute approximate surface area is 115 Å². The van der Waals surface area contributed by atoms with Gasteiger partial charge in [0, 0.05) is 12.7 Å². The largest absolute Gasteiger partial charge is 0.383 e. The van der Waals surface area contributed by atoms with E-state index in [4.69, 9.17) is 5.73 Å². The van der Waals surface area contributed by atoms with E-state index >= 15 is 0 Å². The van der Waals surface area contributed by atoms with Gasteiger partial charge in [-0.3, -0.25) is 0 Å². The lowest BCUT2D eigenvalue weighted by Crippen LogP contribution is -2.14. The zero-order valence-electron chi connectivity index (χ0n) is 10.6. The van der Waals surface area contributed by atoms with E-state index in [1.165, 1.54) is 17.5 Å². The highest BCUT2D eigenvalue weighted by Gasteiger charge is 2.13. The predicted octanol–water partition coefficient (Wildman–Crippen LogP) is 3.21. The number of benzene rings is 1. The Bertz CT molecular complexity index is 583. The molecule has 2 aromatic rings. The van der Waals surface area contributed by atoms with Crippen molar-refractivity contribution in [3.05, 3.63) is 40.1 Å². The minimum atomic E-state index is 0.441. The number of anilines is 3. The first-order chi connectivity index (χ1) is 8.50. The molecule has 0 spiro atoms. The van der Waals surface area contributed by atoms with Crippen molar-refractivity contribution in [2.75, 3.05) is 17.7 Å². The molecule has 2 N–H and O–H groups in total. The number of rotatable bonds is 2. The SMILES string of the molecule is Cc1ccc(N(C)c2ncnc(N)c2Br)c(C)c1. The minimum absolute atomic E-state index is 0.441. The van der Waals surface area contributed by atoms with Gasteiger partial charge in [0.25, 0.3) is 0 Å². The summed E-state index contributed by atoms with van der Waals surface area (Å²) in [6.07, 6.45) is 1.47. The van der Waals surface area contributed by atoms with Crippen molar-refractivity contribution in [2.24, 2.45) is 0 Å². The smallest absolute Gasteiger partial charge is 0.152 e. The van der Waals surface area contributed by atoms with Gasteiger partial charge in [0.15, 0.2) is 5.82 Å². The minimum Gasteiger partial charge on any atom is -0.383 e. The van der Waals surface area contributed by atoms with Crippen LogP contribution in [0.5, 0.6) is 0 Å². The van der Waals surface area contributed by atoms with Crippen LogP contribution >= 0.6 is 15.9 Å². The van der Waals surface area contributed by atoms with Crippen LogP contribution in [0.3, 0.4) is 0 Å². The normalized spacial score (nSPS) is 10.4. The predicted molar refractivity (Wildman–Crippen MR) is 78.1 cm³/mol. The lowest BCUT2D eigenvalue weighted by molar-refractivity contribution is 1.06. The van der Waals surface area contributed by atoms with Crippen molar-refractivity contribution < 1.29 is 0 Å². The maximum Gasteiger partial charge on any atom is 0.152 e. The average Bonchev–Trinajstić information content (AvgIpc) is 2.32. The number of nitrogens with zero attached hydrogens (tertiary/aromatic N) is 3. The molecule has 5 heteroatoms. The van der Waals surface area contributed by atoms with E-state index in [0.29, 0.717) is 10.3 Å². The van der Waals surface area contributed by atoms with Gasteiger partial charge in [0.2, 0.25) is 0 Å². The van der Waals surface area contributed by atoms with Gasteiger partial charge in [0.1, 0.15) is 16.6 Å². The van der Waals surface area contributed by atoms with E-state index in [0.717, 1.165) is 11.5 Å². The number of nitrogen functional groups attached to an aromatic ring is 1. The monoisotopic (exact) mass is 306 g/mol. The molecule has 0 atom stereocenters. The Morgan fingerprint density at radius 3 is 2.61 bits per heavy atom. The molecule has 0 aliphatic heterocycles. The summed E-state index contributed by atoms with van der Waals surface area (Å²) < 4.78 is 0.715. The van der Waals surface area contributed by atoms with Crippen LogP contribution < -0.4 is 10.6 Å². The summed E-state index contributed by atoms with van der Waals surface area (Å²) >= 11 is 3.43. The quantitative estimate of drug-likeness (QED) is 0.925. The first-order valence-electron chi connectivity index (χ1n) is 5.57. The molecule has 0 bridgehead atoms. The summed E-state index contributed by atoms with van der Waals surface area (Å²) in [7, 11) is 1.96. The molecule has 94 valence electrons. The van der Waals surface area contributed by atoms with Crippen molar-refractivity contribution >= 4 is 33.3 Å². The molecule has 18 heavy (non-hydrogen) atoms. The zero-order chi connectivity index (χ0) is 13.3. The van der Waals surface area contributed by atoms with Gasteiger partial charge < -0.3 is 10.6 Å². The first kappa shape index (κ1) is 12.8. The van der Waals surface area contributed by atoms with Crippen molar-refractivity contribution in [3.63, 3.8) is 0 Å². The molecule has 0 aliphatic rings. The highest BCUT2D eigenvalue weighted by Crippen LogP contribution is 2.33. The summed E-state index contributed by atoms with van der Waals surface area (Å²) in [6, 6.07) is 6.30. The van der Waals surface area contributed by atoms with Gasteiger partial charge in [-0.2, -0.15) is 0 Å². The lowest BCUT2D eigenvalue weighted by Gasteiger charge is -2.22. The van der Waals surface area contributed by atoms with Crippen LogP contribution in [0.2, 0.25) is 0 Å². The summed E-state index contributed by atoms with van der Waals surface area (Å²) in [4.78, 5) is 10.2. The fourth-order valence-electron chi connectivity index (χ4n) is 1.90. The number of hydrogen-bond donors (Lipinski definition) is 1. The Hall–Kier alpha value is -1.62. The first-order valence-corrected chi connectivity index (χ1v) is 6.37. The van der Waals surface area contributed by atoms with Crippen LogP contribution in [-0.4, -0.2) is 17.0 Å². The molecule has 0 aliphatic carbocycles. The van der Waals surface area contributed by atoms with Crippen molar-refractivity contribution in [1.82, 2.24) is 9.97 Å². The van der Waals surface area contributed by atoms with E-state index in [9.17, 15) is 0 Å². The van der Waals surface area contributed by atoms with Gasteiger partial charge >= 0.3 is 0 Å². The second kappa shape index (κ2) is 4.94. The topological polar surface area (TPSA) is 55.0 Å². The molecule has 0 amide bonds. The molecule has 4 nitrogen and oxygen atoms in total. The Morgan fingerprint density at radius 1 is 1.22 bits per heavy atom. The maximum absolute atomic E-state index is 5.77. The number of halogens is 1. The van der Waals surface area contributed by atoms with Gasteiger partial charge in [-0.1, -0.05) is 17.7 Å². The Morgan fingerprint density at radius 2 is 1.94 bits per heavy atom. The fraction of sp³-hybridized carbons (Fsp3) is 0.231. The molecule has 1 aromatic heterocycles. The van der Waals surface area contributed by atoms with Crippen LogP contribution in [0.4, 0.5) is 17.3 Å². The second-order valence-electron chi connectivity index (χ2n) is 4.25. The van der Waals surface area contributed by atoms with Crippen LogP contribution in [0.15, 0.2) is 29.0 Å². The van der Waals surface area contributed by atoms with E-state index in [2.05, 4.69) is 57.9 Å². The molecule has 0 saturated carbocycles. The van der Waals surface area contributed by atoms with Crippen LogP contribution in [0.25, 0.3) is 0 Å². The van der Waals surface area contributed by atoms with Crippen LogP contribution in [0.1, 0.15) is 11.1 Å². The molecule has 0 unspecified atom stereocenters. The number of aromatic nitrogens is 2. The standard InChI is InChI=1S/C13H15BrN4/c1-8-4-5-10(9(2)6-8)18(3)13-11(14)12(15)16-7-17-13/h4-7H,1-3H3,(H2,15,16,17). The summed E-state index contributed by atoms with van der Waals surface area (Å²) in [6.45, 7) is 4.16. The average molecular weight is 307 g/mol. The third kappa shape index (κ3) is 2.31. The molecule has 0 radical (unpaired) electrons. The van der Waals surface area contributed by atoms with Gasteiger partial charge in [-0.05, 0) is 41.4 Å². The third-order valence-electron chi connectivity index (χ3n) is 2.83. The molecular weight excluding hydrogens is 292 g/mol. The van der Waals surface area contributed by atoms with Crippen molar-refractivity contribution in [3.8, 4) is 0 Å². The van der Waals surface area contributed by atoms with Crippen molar-refractivity contribution in [2.45, 2.75) is 13.8 Å². The van der Waals surface area contributed by atoms with Crippen molar-refractivity contribution in [1.29, 1.82) is 0 Å². The second-order valence-corrected chi connectivity index (χ2v) is 5.04. The van der Waals surface area contributed by atoms with Gasteiger partial charge in [0.05, 0.1) is 0 Å². The van der Waals surface area contributed by atoms with E-state index in [1.54, 1.807) is 0 Å². The van der Waals surface area contributed by atoms with Gasteiger partial charge in [-0.15, -0.1) is 0 Å². The zero-order valence-corrected chi connectivity index (χ0v) is 12.2. The van der Waals surface area contributed by atoms with E-state index < -0.39 is 0 Å². The number of hydrogen-bond acceptors (Lipinski definition) is 4. The number of aryl methyl sites for hydroxylation is 2. The third-order valence-corrected chi connectivity index (χ3v) is 3.59. The molecule has 0 fully saturated rings. The highest BCUT2D eigenvalue weighted by atomic mass is 79.9. The lowest BCUT2D eigenvalue weighted by atomic mass is 10.1. The van der Waals surface area contributed by atoms with Crippen LogP contribution in [-0.2, 0) is 0 Å². The Kier molecular flexibility index (Phi) is 3.52. The van der Waals surface area contributed by atoms with E-state index in [1.807, 2.05) is 11.9 Å². The maximum atomic E-state index is 5.77. The Balaban J connectivity index is 2.48. The molecule has 1 aromatic carbocycles. The number of nitrogens with two attached hydrogens (primary N) is 1. The summed E-state index contributed by atoms with van der Waals surface area (Å²) in [5, 5.41) is 0. The fourth-order valence-corrected chi connectivity index (χ4v) is 2.37. The highest BCUT2D eigenvalue weighted by molar-refractivity contribution is 9.10.